The van der Waals surface area contributed by atoms with Gasteiger partial charge in [-0.1, -0.05) is 0 Å². The van der Waals surface area contributed by atoms with Crippen LogP contribution in [0.25, 0.3) is 22.1 Å². The van der Waals surface area contributed by atoms with E-state index >= 15 is 0 Å². The summed E-state index contributed by atoms with van der Waals surface area (Å²) in [5.41, 5.74) is 16.9. The Balaban J connectivity index is -0.000000439. The molecular weight excluding hydrogens is 510 g/mol. The van der Waals surface area contributed by atoms with Crippen molar-refractivity contribution >= 4 is 33.7 Å². The summed E-state index contributed by atoms with van der Waals surface area (Å²) in [6.45, 7) is 8.01. The summed E-state index contributed by atoms with van der Waals surface area (Å²) < 4.78 is 0. The number of aliphatic hydroxyl groups excluding tert-OH is 2. The Morgan fingerprint density at radius 2 is 0.879 bits per heavy atom. The number of anilines is 2. The molecule has 11 heteroatoms. The van der Waals surface area contributed by atoms with Crippen molar-refractivity contribution in [2.24, 2.45) is 0 Å². The monoisotopic (exact) mass is 538 g/mol. The molecule has 0 atom stereocenters. The second-order valence-corrected chi connectivity index (χ2v) is 6.38. The SMILES string of the molecule is CO.CO.Cc1cc(C)c2ccc(N)nc2n1.Cc1cc(C)c2ccc(N)nc2n1.[Cl-].[Cl-].[Ni+2]. The molecule has 0 aromatic carbocycles. The van der Waals surface area contributed by atoms with Crippen molar-refractivity contribution in [3.63, 3.8) is 0 Å². The van der Waals surface area contributed by atoms with Crippen molar-refractivity contribution in [3.05, 3.63) is 58.9 Å². The Hall–Kier alpha value is -2.29. The van der Waals surface area contributed by atoms with E-state index < -0.39 is 0 Å². The fraction of sp³-hybridized carbons (Fsp3) is 0.273. The average molecular weight is 540 g/mol. The van der Waals surface area contributed by atoms with Gasteiger partial charge < -0.3 is 46.5 Å². The number of aliphatic hydroxyl groups is 2. The van der Waals surface area contributed by atoms with Crippen molar-refractivity contribution in [2.75, 3.05) is 25.7 Å². The number of halogens is 2. The van der Waals surface area contributed by atoms with Crippen LogP contribution in [0.1, 0.15) is 22.5 Å². The summed E-state index contributed by atoms with van der Waals surface area (Å²) >= 11 is 0. The number of fused-ring (bicyclic) bond motifs is 2. The van der Waals surface area contributed by atoms with E-state index in [1.54, 1.807) is 12.1 Å². The first-order valence-corrected chi connectivity index (χ1v) is 9.24. The van der Waals surface area contributed by atoms with Gasteiger partial charge in [-0.15, -0.1) is 0 Å². The van der Waals surface area contributed by atoms with E-state index in [1.165, 1.54) is 11.1 Å². The molecule has 0 fully saturated rings. The molecule has 0 saturated heterocycles. The maximum Gasteiger partial charge on any atom is 2.00 e. The molecular formula is C22H30Cl2N6NiO2. The number of nitrogen functional groups attached to an aromatic ring is 2. The van der Waals surface area contributed by atoms with E-state index in [-0.39, 0.29) is 41.3 Å². The maximum atomic E-state index is 7.00. The molecule has 6 N–H and O–H groups in total. The third-order valence-electron chi connectivity index (χ3n) is 4.06. The van der Waals surface area contributed by atoms with Gasteiger partial charge in [0.25, 0.3) is 0 Å². The van der Waals surface area contributed by atoms with Gasteiger partial charge in [0.15, 0.2) is 11.3 Å². The summed E-state index contributed by atoms with van der Waals surface area (Å²) in [6.07, 6.45) is 0. The zero-order valence-corrected chi connectivity index (χ0v) is 21.9. The standard InChI is InChI=1S/2C10H11N3.2CH4O.2ClH.Ni/c2*1-6-5-7(2)12-10-8(6)3-4-9(11)13-10;2*1-2;;;/h2*3-5H,1-2H3,(H2,11,12,13);2*2H,1H3;2*1H;/q;;;;;;+2/p-2. The van der Waals surface area contributed by atoms with Crippen molar-refractivity contribution in [1.29, 1.82) is 0 Å². The summed E-state index contributed by atoms with van der Waals surface area (Å²) in [5, 5.41) is 16.1. The van der Waals surface area contributed by atoms with Crippen LogP contribution < -0.4 is 36.3 Å². The van der Waals surface area contributed by atoms with Crippen molar-refractivity contribution in [2.45, 2.75) is 27.7 Å². The topological polar surface area (TPSA) is 144 Å². The molecule has 0 bridgehead atoms. The van der Waals surface area contributed by atoms with E-state index in [9.17, 15) is 0 Å². The van der Waals surface area contributed by atoms with Gasteiger partial charge >= 0.3 is 16.5 Å². The third-order valence-corrected chi connectivity index (χ3v) is 4.06. The van der Waals surface area contributed by atoms with Gasteiger partial charge in [0.05, 0.1) is 0 Å². The number of nitrogens with zero attached hydrogens (tertiary/aromatic N) is 4. The summed E-state index contributed by atoms with van der Waals surface area (Å²) in [5.74, 6) is 1.04. The fourth-order valence-electron chi connectivity index (χ4n) is 2.89. The second-order valence-electron chi connectivity index (χ2n) is 6.38. The summed E-state index contributed by atoms with van der Waals surface area (Å²) in [6, 6.07) is 11.6. The van der Waals surface area contributed by atoms with Crippen LogP contribution in [0.5, 0.6) is 0 Å². The third kappa shape index (κ3) is 10.0. The molecule has 4 heterocycles. The maximum absolute atomic E-state index is 7.00. The Morgan fingerprint density at radius 1 is 0.576 bits per heavy atom. The Kier molecular flexibility index (Phi) is 18.4. The van der Waals surface area contributed by atoms with Crippen molar-refractivity contribution in [1.82, 2.24) is 19.9 Å². The van der Waals surface area contributed by atoms with Crippen molar-refractivity contribution < 1.29 is 51.5 Å². The van der Waals surface area contributed by atoms with E-state index in [4.69, 9.17) is 21.7 Å². The number of aryl methyl sites for hydroxylation is 4. The zero-order chi connectivity index (χ0) is 22.8. The van der Waals surface area contributed by atoms with Crippen molar-refractivity contribution in [3.8, 4) is 0 Å². The molecule has 0 radical (unpaired) electrons. The molecule has 33 heavy (non-hydrogen) atoms. The van der Waals surface area contributed by atoms with Gasteiger partial charge in [-0.2, -0.15) is 0 Å². The van der Waals surface area contributed by atoms with Gasteiger partial charge in [0.2, 0.25) is 0 Å². The summed E-state index contributed by atoms with van der Waals surface area (Å²) in [7, 11) is 2.00. The number of hydrogen-bond donors (Lipinski definition) is 4. The Labute approximate surface area is 217 Å². The van der Waals surface area contributed by atoms with E-state index in [1.807, 2.05) is 38.1 Å². The predicted molar refractivity (Wildman–Crippen MR) is 123 cm³/mol. The number of pyridine rings is 4. The van der Waals surface area contributed by atoms with Crippen LogP contribution in [0.2, 0.25) is 0 Å². The largest absolute Gasteiger partial charge is 2.00 e. The smallest absolute Gasteiger partial charge is 1.00 e. The molecule has 4 aromatic rings. The van der Waals surface area contributed by atoms with Gasteiger partial charge in [-0.3, -0.25) is 0 Å². The van der Waals surface area contributed by atoms with Crippen LogP contribution in [-0.4, -0.2) is 44.4 Å². The Morgan fingerprint density at radius 3 is 1.18 bits per heavy atom. The molecule has 0 aliphatic carbocycles. The van der Waals surface area contributed by atoms with Gasteiger partial charge in [-0.05, 0) is 75.2 Å². The van der Waals surface area contributed by atoms with Crippen LogP contribution in [0.15, 0.2) is 36.4 Å². The molecule has 0 amide bonds. The van der Waals surface area contributed by atoms with Gasteiger partial charge in [0, 0.05) is 36.4 Å². The number of hydrogen-bond acceptors (Lipinski definition) is 8. The first-order chi connectivity index (χ1) is 14.3. The minimum absolute atomic E-state index is 0. The number of rotatable bonds is 0. The minimum Gasteiger partial charge on any atom is -1.00 e. The zero-order valence-electron chi connectivity index (χ0n) is 19.4. The minimum atomic E-state index is 0. The Bertz CT molecular complexity index is 1030. The summed E-state index contributed by atoms with van der Waals surface area (Å²) in [4.78, 5) is 16.9. The molecule has 0 unspecified atom stereocenters. The molecule has 0 aliphatic heterocycles. The first-order valence-electron chi connectivity index (χ1n) is 9.24. The van der Waals surface area contributed by atoms with E-state index in [2.05, 4.69) is 33.8 Å². The second kappa shape index (κ2) is 17.2. The first kappa shape index (κ1) is 35.3. The fourth-order valence-corrected chi connectivity index (χ4v) is 2.89. The molecule has 8 nitrogen and oxygen atoms in total. The number of nitrogens with two attached hydrogens (primary N) is 2. The molecule has 184 valence electrons. The van der Waals surface area contributed by atoms with E-state index in [0.29, 0.717) is 11.6 Å². The molecule has 0 spiro atoms. The van der Waals surface area contributed by atoms with Crippen LogP contribution in [0, 0.1) is 27.7 Å². The molecule has 4 aromatic heterocycles. The van der Waals surface area contributed by atoms with Crippen LogP contribution in [0.3, 0.4) is 0 Å². The van der Waals surface area contributed by atoms with Gasteiger partial charge in [-0.25, -0.2) is 19.9 Å². The predicted octanol–water partition coefficient (Wildman–Crippen LogP) is -3.12. The van der Waals surface area contributed by atoms with Crippen LogP contribution >= 0.6 is 0 Å². The normalized spacial score (nSPS) is 8.73. The van der Waals surface area contributed by atoms with Gasteiger partial charge in [0.1, 0.15) is 11.6 Å². The van der Waals surface area contributed by atoms with Crippen LogP contribution in [0.4, 0.5) is 11.6 Å². The van der Waals surface area contributed by atoms with E-state index in [0.717, 1.165) is 47.7 Å². The van der Waals surface area contributed by atoms with Crippen LogP contribution in [-0.2, 0) is 16.5 Å². The average Bonchev–Trinajstić information content (AvgIpc) is 2.70. The molecule has 0 saturated carbocycles. The number of aromatic nitrogens is 4. The molecule has 4 rings (SSSR count). The molecule has 0 aliphatic rings. The quantitative estimate of drug-likeness (QED) is 0.172.